The summed E-state index contributed by atoms with van der Waals surface area (Å²) in [5.74, 6) is 1.85. The zero-order valence-electron chi connectivity index (χ0n) is 4.87. The van der Waals surface area contributed by atoms with Gasteiger partial charge < -0.3 is 0 Å². The first kappa shape index (κ1) is 7.19. The number of aliphatic imine (C=N–C) groups is 1. The predicted octanol–water partition coefficient (Wildman–Crippen LogP) is 1.48. The van der Waals surface area contributed by atoms with Gasteiger partial charge in [-0.25, -0.2) is 4.79 Å². The smallest absolute Gasteiger partial charge is 0.211 e. The number of hydrogen-bond acceptors (Lipinski definition) is 4. The second-order valence-electron chi connectivity index (χ2n) is 1.63. The highest BCUT2D eigenvalue weighted by Gasteiger charge is 2.17. The lowest BCUT2D eigenvalue weighted by Crippen LogP contribution is -2.10. The number of thioether (sulfide) groups is 2. The molecule has 2 nitrogen and oxygen atoms in total. The Morgan fingerprint density at radius 2 is 2.67 bits per heavy atom. The van der Waals surface area contributed by atoms with Crippen LogP contribution in [0.15, 0.2) is 4.99 Å². The summed E-state index contributed by atoms with van der Waals surface area (Å²) in [5.41, 5.74) is 0. The molecule has 0 radical (unpaired) electrons. The van der Waals surface area contributed by atoms with Crippen LogP contribution < -0.4 is 0 Å². The molecule has 1 saturated heterocycles. The van der Waals surface area contributed by atoms with Crippen LogP contribution in [0.3, 0.4) is 0 Å². The van der Waals surface area contributed by atoms with Gasteiger partial charge >= 0.3 is 0 Å². The van der Waals surface area contributed by atoms with Crippen LogP contribution in [0.4, 0.5) is 0 Å². The minimum absolute atomic E-state index is 0.584. The van der Waals surface area contributed by atoms with Crippen LogP contribution in [-0.4, -0.2) is 22.3 Å². The molecule has 1 unspecified atom stereocenters. The predicted molar refractivity (Wildman–Crippen MR) is 41.4 cm³/mol. The minimum atomic E-state index is 0.584. The molecule has 0 N–H and O–H groups in total. The monoisotopic (exact) mass is 161 g/mol. The summed E-state index contributed by atoms with van der Waals surface area (Å²) in [6.07, 6.45) is 2.78. The average molecular weight is 161 g/mol. The van der Waals surface area contributed by atoms with Gasteiger partial charge in [-0.3, -0.25) is 0 Å². The number of rotatable bonds is 3. The van der Waals surface area contributed by atoms with Gasteiger partial charge in [-0.15, -0.1) is 23.5 Å². The third kappa shape index (κ3) is 2.43. The van der Waals surface area contributed by atoms with Crippen molar-refractivity contribution < 1.29 is 4.79 Å². The first-order chi connectivity index (χ1) is 4.43. The van der Waals surface area contributed by atoms with Gasteiger partial charge in [0.2, 0.25) is 6.08 Å². The van der Waals surface area contributed by atoms with Gasteiger partial charge in [0, 0.05) is 0 Å². The molecular formula is C5H7NOS2. The minimum Gasteiger partial charge on any atom is -0.211 e. The summed E-state index contributed by atoms with van der Waals surface area (Å²) in [5, 5.41) is 0. The topological polar surface area (TPSA) is 29.4 Å². The van der Waals surface area contributed by atoms with Crippen LogP contribution in [0.2, 0.25) is 0 Å². The molecule has 50 valence electrons. The van der Waals surface area contributed by atoms with Crippen LogP contribution in [0.1, 0.15) is 6.42 Å². The van der Waals surface area contributed by atoms with Crippen molar-refractivity contribution in [2.75, 3.05) is 11.6 Å². The third-order valence-electron chi connectivity index (χ3n) is 1.05. The number of nitrogens with zero attached hydrogens (tertiary/aromatic N) is 1. The Balaban J connectivity index is 1.97. The molecule has 0 aromatic carbocycles. The highest BCUT2D eigenvalue weighted by Crippen LogP contribution is 2.36. The Hall–Kier alpha value is 0.0800. The van der Waals surface area contributed by atoms with E-state index >= 15 is 0 Å². The van der Waals surface area contributed by atoms with Gasteiger partial charge in [0.1, 0.15) is 0 Å². The van der Waals surface area contributed by atoms with Crippen molar-refractivity contribution in [3.8, 4) is 0 Å². The molecular weight excluding hydrogens is 154 g/mol. The summed E-state index contributed by atoms with van der Waals surface area (Å²) in [6.45, 7) is 0. The Bertz CT molecular complexity index is 129. The van der Waals surface area contributed by atoms with E-state index in [4.69, 9.17) is 0 Å². The Kier molecular flexibility index (Phi) is 3.18. The van der Waals surface area contributed by atoms with Crippen LogP contribution >= 0.6 is 23.5 Å². The second-order valence-corrected chi connectivity index (χ2v) is 4.40. The van der Waals surface area contributed by atoms with Gasteiger partial charge in [0.05, 0.1) is 10.5 Å². The van der Waals surface area contributed by atoms with Crippen molar-refractivity contribution in [2.24, 2.45) is 4.99 Å². The van der Waals surface area contributed by atoms with E-state index in [-0.39, 0.29) is 0 Å². The molecule has 4 heteroatoms. The van der Waals surface area contributed by atoms with E-state index in [9.17, 15) is 4.79 Å². The summed E-state index contributed by atoms with van der Waals surface area (Å²) < 4.78 is 0.696. The molecule has 1 aliphatic heterocycles. The Labute approximate surface area is 62.5 Å². The standard InChI is InChI=1S/C5H7NOS2/c7-3-6-4-9-5-1-2-8-5/h5H,1-2,4H2. The zero-order valence-corrected chi connectivity index (χ0v) is 6.50. The van der Waals surface area contributed by atoms with E-state index in [2.05, 4.69) is 4.99 Å². The van der Waals surface area contributed by atoms with Gasteiger partial charge in [0.25, 0.3) is 0 Å². The molecule has 0 amide bonds. The fraction of sp³-hybridized carbons (Fsp3) is 0.800. The lowest BCUT2D eigenvalue weighted by molar-refractivity contribution is 0.564. The fourth-order valence-corrected chi connectivity index (χ4v) is 2.53. The van der Waals surface area contributed by atoms with Crippen molar-refractivity contribution in [2.45, 2.75) is 11.0 Å². The third-order valence-corrected chi connectivity index (χ3v) is 3.83. The molecule has 0 aromatic heterocycles. The lowest BCUT2D eigenvalue weighted by atomic mass is 10.5. The highest BCUT2D eigenvalue weighted by atomic mass is 32.2. The Morgan fingerprint density at radius 3 is 3.11 bits per heavy atom. The van der Waals surface area contributed by atoms with E-state index in [1.165, 1.54) is 18.3 Å². The molecule has 0 aliphatic carbocycles. The van der Waals surface area contributed by atoms with Gasteiger partial charge in [0.15, 0.2) is 0 Å². The molecule has 0 spiro atoms. The lowest BCUT2D eigenvalue weighted by Gasteiger charge is -2.22. The van der Waals surface area contributed by atoms with Crippen molar-refractivity contribution in [1.29, 1.82) is 0 Å². The largest absolute Gasteiger partial charge is 0.235 e. The summed E-state index contributed by atoms with van der Waals surface area (Å²) in [4.78, 5) is 13.0. The average Bonchev–Trinajstić information content (AvgIpc) is 1.76. The summed E-state index contributed by atoms with van der Waals surface area (Å²) >= 11 is 3.65. The van der Waals surface area contributed by atoms with Crippen molar-refractivity contribution in [1.82, 2.24) is 0 Å². The zero-order chi connectivity index (χ0) is 6.53. The molecule has 0 aromatic rings. The number of hydrogen-bond donors (Lipinski definition) is 0. The van der Waals surface area contributed by atoms with Crippen molar-refractivity contribution in [3.05, 3.63) is 0 Å². The van der Waals surface area contributed by atoms with Gasteiger partial charge in [-0.2, -0.15) is 4.99 Å². The number of isocyanates is 1. The molecule has 1 fully saturated rings. The summed E-state index contributed by atoms with van der Waals surface area (Å²) in [7, 11) is 0. The molecule has 0 saturated carbocycles. The van der Waals surface area contributed by atoms with E-state index < -0.39 is 0 Å². The van der Waals surface area contributed by atoms with Crippen LogP contribution in [0.5, 0.6) is 0 Å². The van der Waals surface area contributed by atoms with Crippen LogP contribution in [-0.2, 0) is 4.79 Å². The van der Waals surface area contributed by atoms with Crippen molar-refractivity contribution >= 4 is 29.6 Å². The quantitative estimate of drug-likeness (QED) is 0.464. The van der Waals surface area contributed by atoms with E-state index in [1.807, 2.05) is 11.8 Å². The van der Waals surface area contributed by atoms with E-state index in [1.54, 1.807) is 11.8 Å². The highest BCUT2D eigenvalue weighted by molar-refractivity contribution is 8.18. The van der Waals surface area contributed by atoms with Crippen molar-refractivity contribution in [3.63, 3.8) is 0 Å². The first-order valence-electron chi connectivity index (χ1n) is 2.70. The second kappa shape index (κ2) is 3.99. The molecule has 0 bridgehead atoms. The van der Waals surface area contributed by atoms with Crippen LogP contribution in [0.25, 0.3) is 0 Å². The molecule has 1 aliphatic rings. The molecule has 1 rings (SSSR count). The van der Waals surface area contributed by atoms with E-state index in [0.29, 0.717) is 10.5 Å². The first-order valence-corrected chi connectivity index (χ1v) is 4.80. The van der Waals surface area contributed by atoms with Gasteiger partial charge in [-0.05, 0) is 12.2 Å². The summed E-state index contributed by atoms with van der Waals surface area (Å²) in [6, 6.07) is 0. The normalized spacial score (nSPS) is 24.2. The Morgan fingerprint density at radius 1 is 1.89 bits per heavy atom. The van der Waals surface area contributed by atoms with E-state index in [0.717, 1.165) is 0 Å². The maximum absolute atomic E-state index is 9.58. The fourth-order valence-electron chi connectivity index (χ4n) is 0.492. The maximum atomic E-state index is 9.58. The SMILES string of the molecule is O=C=NCSC1CCS1. The molecule has 1 heterocycles. The molecule has 1 atom stereocenters. The maximum Gasteiger partial charge on any atom is 0.235 e. The molecule has 9 heavy (non-hydrogen) atoms. The number of carbonyl (C=O) groups excluding carboxylic acids is 1. The van der Waals surface area contributed by atoms with Gasteiger partial charge in [-0.1, -0.05) is 0 Å². The van der Waals surface area contributed by atoms with Crippen LogP contribution in [0, 0.1) is 0 Å².